The third-order valence-electron chi connectivity index (χ3n) is 6.35. The Labute approximate surface area is 190 Å². The van der Waals surface area contributed by atoms with Gasteiger partial charge in [0.2, 0.25) is 0 Å². The SMILES string of the molecule is CC.c1coc(-c2ccc3c(c2)S2(c4ccccc4-c4ccccc42)c2ccccc2-3)c1. The van der Waals surface area contributed by atoms with Crippen LogP contribution in [0.4, 0.5) is 0 Å². The zero-order chi connectivity index (χ0) is 21.7. The molecule has 2 aliphatic rings. The van der Waals surface area contributed by atoms with Crippen LogP contribution in [-0.4, -0.2) is 0 Å². The van der Waals surface area contributed by atoms with Crippen LogP contribution in [0.2, 0.25) is 0 Å². The first kappa shape index (κ1) is 19.2. The Morgan fingerprint density at radius 1 is 0.500 bits per heavy atom. The predicted molar refractivity (Wildman–Crippen MR) is 133 cm³/mol. The summed E-state index contributed by atoms with van der Waals surface area (Å²) in [5.41, 5.74) is 6.59. The van der Waals surface area contributed by atoms with E-state index in [1.807, 2.05) is 26.0 Å². The Kier molecular flexibility index (Phi) is 4.38. The maximum Gasteiger partial charge on any atom is 0.133 e. The van der Waals surface area contributed by atoms with E-state index in [2.05, 4.69) is 91.0 Å². The summed E-state index contributed by atoms with van der Waals surface area (Å²) in [4.78, 5) is 5.78. The molecule has 0 aliphatic carbocycles. The lowest BCUT2D eigenvalue weighted by Crippen LogP contribution is -1.98. The number of rotatable bonds is 1. The first-order valence-electron chi connectivity index (χ1n) is 11.2. The Morgan fingerprint density at radius 3 is 1.50 bits per heavy atom. The van der Waals surface area contributed by atoms with Crippen molar-refractivity contribution in [2.24, 2.45) is 0 Å². The molecule has 5 aromatic rings. The molecule has 0 saturated carbocycles. The van der Waals surface area contributed by atoms with Gasteiger partial charge in [0.1, 0.15) is 5.76 Å². The minimum Gasteiger partial charge on any atom is -0.464 e. The number of benzene rings is 4. The summed E-state index contributed by atoms with van der Waals surface area (Å²) < 4.78 is 5.76. The van der Waals surface area contributed by atoms with Crippen LogP contribution in [0.25, 0.3) is 33.6 Å². The molecule has 1 spiro atoms. The Bertz CT molecular complexity index is 1380. The number of hydrogen-bond donors (Lipinski definition) is 0. The Morgan fingerprint density at radius 2 is 1.00 bits per heavy atom. The van der Waals surface area contributed by atoms with Crippen LogP contribution in [0.5, 0.6) is 0 Å². The van der Waals surface area contributed by atoms with Crippen molar-refractivity contribution in [3.63, 3.8) is 0 Å². The van der Waals surface area contributed by atoms with Crippen LogP contribution in [0, 0.1) is 0 Å². The Balaban J connectivity index is 0.000000953. The molecule has 0 amide bonds. The van der Waals surface area contributed by atoms with Crippen LogP contribution >= 0.6 is 10.0 Å². The summed E-state index contributed by atoms with van der Waals surface area (Å²) in [5, 5.41) is 0. The van der Waals surface area contributed by atoms with Crippen molar-refractivity contribution in [1.82, 2.24) is 0 Å². The van der Waals surface area contributed by atoms with Gasteiger partial charge in [-0.25, -0.2) is 0 Å². The van der Waals surface area contributed by atoms with E-state index in [4.69, 9.17) is 4.42 Å². The summed E-state index contributed by atoms with van der Waals surface area (Å²) in [6.07, 6.45) is 1.75. The van der Waals surface area contributed by atoms with Crippen molar-refractivity contribution in [2.45, 2.75) is 33.4 Å². The normalized spacial score (nSPS) is 14.6. The first-order chi connectivity index (χ1) is 15.9. The van der Waals surface area contributed by atoms with Crippen LogP contribution in [-0.2, 0) is 0 Å². The second kappa shape index (κ2) is 7.29. The van der Waals surface area contributed by atoms with Gasteiger partial charge in [0.15, 0.2) is 0 Å². The van der Waals surface area contributed by atoms with Gasteiger partial charge in [-0.2, -0.15) is 0 Å². The molecule has 0 fully saturated rings. The topological polar surface area (TPSA) is 13.1 Å². The second-order valence-corrected chi connectivity index (χ2v) is 10.8. The summed E-state index contributed by atoms with van der Waals surface area (Å²) in [6.45, 7) is 4.00. The molecule has 0 saturated heterocycles. The highest BCUT2D eigenvalue weighted by molar-refractivity contribution is 8.34. The quantitative estimate of drug-likeness (QED) is 0.252. The standard InChI is InChI=1S/C28H18OS.C2H6/c1-4-12-25-20(8-1)21-9-2-5-13-26(21)30(25)27-14-6-3-10-22(27)23-16-15-19(18-28(23)30)24-11-7-17-29-24;1-2/h1-18H;1-2H3. The van der Waals surface area contributed by atoms with Crippen molar-refractivity contribution in [3.8, 4) is 33.6 Å². The predicted octanol–water partition coefficient (Wildman–Crippen LogP) is 9.27. The van der Waals surface area contributed by atoms with Gasteiger partial charge < -0.3 is 4.42 Å². The van der Waals surface area contributed by atoms with E-state index in [0.717, 1.165) is 11.3 Å². The third kappa shape index (κ3) is 2.36. The van der Waals surface area contributed by atoms with Gasteiger partial charge in [-0.15, -0.1) is 10.0 Å². The monoisotopic (exact) mass is 432 g/mol. The minimum atomic E-state index is -1.52. The van der Waals surface area contributed by atoms with Crippen LogP contribution in [0.1, 0.15) is 13.8 Å². The molecular formula is C30H24OS. The molecule has 32 heavy (non-hydrogen) atoms. The lowest BCUT2D eigenvalue weighted by molar-refractivity contribution is 0.582. The van der Waals surface area contributed by atoms with E-state index in [1.165, 1.54) is 41.8 Å². The highest BCUT2D eigenvalue weighted by Crippen LogP contribution is 2.84. The van der Waals surface area contributed by atoms with Crippen molar-refractivity contribution < 1.29 is 4.42 Å². The highest BCUT2D eigenvalue weighted by atomic mass is 32.3. The molecule has 4 aromatic carbocycles. The number of fused-ring (bicyclic) bond motifs is 10. The maximum absolute atomic E-state index is 5.76. The fourth-order valence-corrected chi connectivity index (χ4v) is 9.78. The van der Waals surface area contributed by atoms with Gasteiger partial charge in [-0.1, -0.05) is 80.6 Å². The highest BCUT2D eigenvalue weighted by Gasteiger charge is 2.47. The Hall–Kier alpha value is -3.49. The van der Waals surface area contributed by atoms with Gasteiger partial charge in [0.05, 0.1) is 6.26 Å². The van der Waals surface area contributed by atoms with E-state index in [0.29, 0.717) is 0 Å². The third-order valence-corrected chi connectivity index (χ3v) is 10.4. The molecule has 2 aliphatic heterocycles. The van der Waals surface area contributed by atoms with Gasteiger partial charge in [0, 0.05) is 25.1 Å². The van der Waals surface area contributed by atoms with Crippen molar-refractivity contribution in [1.29, 1.82) is 0 Å². The average Bonchev–Trinajstić information content (AvgIpc) is 3.58. The van der Waals surface area contributed by atoms with Crippen LogP contribution in [0.3, 0.4) is 0 Å². The minimum absolute atomic E-state index is 0.919. The maximum atomic E-state index is 5.76. The number of hydrogen-bond acceptors (Lipinski definition) is 1. The van der Waals surface area contributed by atoms with Gasteiger partial charge in [-0.3, -0.25) is 0 Å². The van der Waals surface area contributed by atoms with Gasteiger partial charge in [0.25, 0.3) is 0 Å². The zero-order valence-corrected chi connectivity index (χ0v) is 19.0. The molecule has 0 atom stereocenters. The molecule has 7 rings (SSSR count). The summed E-state index contributed by atoms with van der Waals surface area (Å²) in [6, 6.07) is 37.8. The fraction of sp³-hybridized carbons (Fsp3) is 0.0667. The first-order valence-corrected chi connectivity index (χ1v) is 12.8. The fourth-order valence-electron chi connectivity index (χ4n) is 5.17. The van der Waals surface area contributed by atoms with E-state index in [9.17, 15) is 0 Å². The summed E-state index contributed by atoms with van der Waals surface area (Å²) >= 11 is 0. The smallest absolute Gasteiger partial charge is 0.133 e. The second-order valence-electron chi connectivity index (χ2n) is 7.79. The molecule has 1 nitrogen and oxygen atoms in total. The van der Waals surface area contributed by atoms with Crippen LogP contribution < -0.4 is 0 Å². The molecule has 3 heterocycles. The molecule has 0 unspecified atom stereocenters. The van der Waals surface area contributed by atoms with E-state index in [-0.39, 0.29) is 0 Å². The molecule has 0 radical (unpaired) electrons. The summed E-state index contributed by atoms with van der Waals surface area (Å²) in [5.74, 6) is 0.919. The lowest BCUT2D eigenvalue weighted by Gasteiger charge is -2.36. The lowest BCUT2D eigenvalue weighted by atomic mass is 10.0. The van der Waals surface area contributed by atoms with Gasteiger partial charge in [-0.05, 0) is 58.7 Å². The van der Waals surface area contributed by atoms with Crippen molar-refractivity contribution >= 4 is 10.0 Å². The summed E-state index contributed by atoms with van der Waals surface area (Å²) in [7, 11) is -1.52. The molecule has 0 N–H and O–H groups in total. The van der Waals surface area contributed by atoms with Gasteiger partial charge >= 0.3 is 0 Å². The molecule has 156 valence electrons. The van der Waals surface area contributed by atoms with E-state index in [1.54, 1.807) is 6.26 Å². The largest absolute Gasteiger partial charge is 0.464 e. The molecular weight excluding hydrogens is 408 g/mol. The van der Waals surface area contributed by atoms with E-state index >= 15 is 0 Å². The zero-order valence-electron chi connectivity index (χ0n) is 18.2. The van der Waals surface area contributed by atoms with Crippen LogP contribution in [0.15, 0.2) is 133 Å². The van der Waals surface area contributed by atoms with Crippen molar-refractivity contribution in [3.05, 3.63) is 109 Å². The molecule has 1 aromatic heterocycles. The molecule has 2 heteroatoms. The number of furan rings is 1. The molecule has 0 bridgehead atoms. The average molecular weight is 433 g/mol. The van der Waals surface area contributed by atoms with E-state index < -0.39 is 10.0 Å². The van der Waals surface area contributed by atoms with Crippen molar-refractivity contribution in [2.75, 3.05) is 0 Å².